The first-order chi connectivity index (χ1) is 11.7. The molecule has 6 heteroatoms. The number of alkyl halides is 1. The lowest BCUT2D eigenvalue weighted by atomic mass is 9.98. The van der Waals surface area contributed by atoms with Gasteiger partial charge in [-0.15, -0.1) is 0 Å². The lowest BCUT2D eigenvalue weighted by molar-refractivity contribution is 0.922. The number of aromatic nitrogens is 2. The van der Waals surface area contributed by atoms with Crippen LogP contribution in [0.5, 0.6) is 0 Å². The van der Waals surface area contributed by atoms with Crippen LogP contribution < -0.4 is 10.6 Å². The molecule has 3 rings (SSSR count). The molecule has 3 heterocycles. The van der Waals surface area contributed by atoms with Crippen molar-refractivity contribution in [1.82, 2.24) is 15.3 Å². The first-order valence-corrected chi connectivity index (χ1v) is 8.14. The van der Waals surface area contributed by atoms with Gasteiger partial charge in [0.2, 0.25) is 0 Å². The Bertz CT molecular complexity index is 798. The highest BCUT2D eigenvalue weighted by Gasteiger charge is 2.16. The quantitative estimate of drug-likeness (QED) is 0.443. The number of fused-ring (bicyclic) bond motifs is 1. The Morgan fingerprint density at radius 1 is 1.42 bits per heavy atom. The van der Waals surface area contributed by atoms with Gasteiger partial charge in [-0.2, -0.15) is 0 Å². The van der Waals surface area contributed by atoms with Crippen LogP contribution in [0.3, 0.4) is 0 Å². The molecule has 0 aliphatic carbocycles. The van der Waals surface area contributed by atoms with E-state index in [9.17, 15) is 0 Å². The number of pyridine rings is 2. The van der Waals surface area contributed by atoms with E-state index in [1.807, 2.05) is 43.5 Å². The van der Waals surface area contributed by atoms with E-state index >= 15 is 0 Å². The van der Waals surface area contributed by atoms with E-state index in [1.54, 1.807) is 18.6 Å². The predicted molar refractivity (Wildman–Crippen MR) is 99.3 cm³/mol. The summed E-state index contributed by atoms with van der Waals surface area (Å²) in [6, 6.07) is 5.66. The van der Waals surface area contributed by atoms with Gasteiger partial charge in [0.15, 0.2) is 0 Å². The van der Waals surface area contributed by atoms with Crippen molar-refractivity contribution in [2.45, 2.75) is 12.4 Å². The Kier molecular flexibility index (Phi) is 4.91. The Morgan fingerprint density at radius 2 is 2.29 bits per heavy atom. The van der Waals surface area contributed by atoms with Crippen LogP contribution in [0.1, 0.15) is 23.7 Å². The number of halogens is 1. The van der Waals surface area contributed by atoms with Crippen LogP contribution in [-0.4, -0.2) is 27.7 Å². The molecule has 0 amide bonds. The average Bonchev–Trinajstić information content (AvgIpc) is 2.62. The second-order valence-electron chi connectivity index (χ2n) is 5.29. The third-order valence-corrected chi connectivity index (χ3v) is 3.87. The Labute approximate surface area is 146 Å². The van der Waals surface area contributed by atoms with Crippen LogP contribution in [0.2, 0.25) is 0 Å². The number of allylic oxidation sites excluding steroid dienone is 1. The molecule has 5 nitrogen and oxygen atoms in total. The molecule has 0 aromatic carbocycles. The molecule has 2 aromatic rings. The normalized spacial score (nSPS) is 16.2. The van der Waals surface area contributed by atoms with Crippen LogP contribution in [0.15, 0.2) is 49.1 Å². The second kappa shape index (κ2) is 7.27. The molecular formula is C18H18ClN5. The second-order valence-corrected chi connectivity index (χ2v) is 5.76. The first kappa shape index (κ1) is 16.2. The fraction of sp³-hybridized carbons (Fsp3) is 0.167. The minimum Gasteiger partial charge on any atom is -0.391 e. The van der Waals surface area contributed by atoms with Gasteiger partial charge in [-0.05, 0) is 37.3 Å². The van der Waals surface area contributed by atoms with Crippen molar-refractivity contribution in [2.75, 3.05) is 11.9 Å². The van der Waals surface area contributed by atoms with Gasteiger partial charge >= 0.3 is 0 Å². The summed E-state index contributed by atoms with van der Waals surface area (Å²) >= 11 is 6.12. The molecule has 0 spiro atoms. The lowest BCUT2D eigenvalue weighted by Crippen LogP contribution is -2.15. The van der Waals surface area contributed by atoms with E-state index in [2.05, 4.69) is 20.6 Å². The molecule has 1 aliphatic heterocycles. The molecule has 1 atom stereocenters. The zero-order valence-electron chi connectivity index (χ0n) is 13.3. The summed E-state index contributed by atoms with van der Waals surface area (Å²) in [5.74, 6) is 0. The van der Waals surface area contributed by atoms with Crippen molar-refractivity contribution in [2.24, 2.45) is 0 Å². The van der Waals surface area contributed by atoms with Crippen LogP contribution in [-0.2, 0) is 0 Å². The minimum atomic E-state index is -0.256. The highest BCUT2D eigenvalue weighted by Crippen LogP contribution is 2.27. The van der Waals surface area contributed by atoms with Crippen LogP contribution >= 0.6 is 11.6 Å². The lowest BCUT2D eigenvalue weighted by Gasteiger charge is -2.18. The van der Waals surface area contributed by atoms with Gasteiger partial charge in [0.1, 0.15) is 5.50 Å². The number of hydrogen-bond acceptors (Lipinski definition) is 5. The van der Waals surface area contributed by atoms with Crippen molar-refractivity contribution >= 4 is 34.6 Å². The Hall–Kier alpha value is -2.66. The molecular weight excluding hydrogens is 322 g/mol. The third kappa shape index (κ3) is 3.46. The van der Waals surface area contributed by atoms with Crippen LogP contribution in [0, 0.1) is 5.41 Å². The summed E-state index contributed by atoms with van der Waals surface area (Å²) in [5.41, 5.74) is 4.18. The van der Waals surface area contributed by atoms with E-state index in [1.165, 1.54) is 0 Å². The van der Waals surface area contributed by atoms with E-state index in [-0.39, 0.29) is 5.50 Å². The van der Waals surface area contributed by atoms with Crippen molar-refractivity contribution in [3.05, 3.63) is 65.9 Å². The van der Waals surface area contributed by atoms with E-state index in [0.717, 1.165) is 34.6 Å². The summed E-state index contributed by atoms with van der Waals surface area (Å²) < 4.78 is 0. The van der Waals surface area contributed by atoms with Crippen molar-refractivity contribution in [1.29, 1.82) is 5.41 Å². The number of anilines is 1. The number of hydrogen-bond donors (Lipinski definition) is 3. The fourth-order valence-electron chi connectivity index (χ4n) is 2.41. The van der Waals surface area contributed by atoms with E-state index in [4.69, 9.17) is 17.0 Å². The van der Waals surface area contributed by atoms with Gasteiger partial charge in [-0.1, -0.05) is 11.6 Å². The molecule has 122 valence electrons. The zero-order chi connectivity index (χ0) is 16.9. The number of nitrogens with one attached hydrogen (secondary N) is 3. The largest absolute Gasteiger partial charge is 0.391 e. The molecule has 1 unspecified atom stereocenters. The molecule has 1 aliphatic rings. The Balaban J connectivity index is 2.00. The van der Waals surface area contributed by atoms with E-state index in [0.29, 0.717) is 5.71 Å². The standard InChI is InChI=1S/C18H18ClN5/c1-2-21-11-14(18(20)12-4-3-7-22-9-12)13-8-16-15(23-10-13)5-6-17(19)24-16/h3-11,17,20-21,24H,2H2,1H3/b14-11-,20-18?. The summed E-state index contributed by atoms with van der Waals surface area (Å²) in [7, 11) is 0. The molecule has 0 saturated carbocycles. The minimum absolute atomic E-state index is 0.256. The van der Waals surface area contributed by atoms with Gasteiger partial charge in [-0.3, -0.25) is 15.4 Å². The topological polar surface area (TPSA) is 73.7 Å². The molecule has 0 bridgehead atoms. The van der Waals surface area contributed by atoms with Gasteiger partial charge in [-0.25, -0.2) is 0 Å². The highest BCUT2D eigenvalue weighted by molar-refractivity contribution is 6.30. The van der Waals surface area contributed by atoms with Crippen molar-refractivity contribution in [3.63, 3.8) is 0 Å². The predicted octanol–water partition coefficient (Wildman–Crippen LogP) is 3.50. The highest BCUT2D eigenvalue weighted by atomic mass is 35.5. The van der Waals surface area contributed by atoms with Gasteiger partial charge in [0.25, 0.3) is 0 Å². The first-order valence-electron chi connectivity index (χ1n) is 7.71. The average molecular weight is 340 g/mol. The third-order valence-electron chi connectivity index (χ3n) is 3.62. The van der Waals surface area contributed by atoms with Gasteiger partial charge in [0, 0.05) is 48.0 Å². The van der Waals surface area contributed by atoms with Crippen LogP contribution in [0.25, 0.3) is 11.6 Å². The maximum atomic E-state index is 8.55. The van der Waals surface area contributed by atoms with Crippen LogP contribution in [0.4, 0.5) is 5.69 Å². The van der Waals surface area contributed by atoms with Gasteiger partial charge < -0.3 is 10.6 Å². The molecule has 3 N–H and O–H groups in total. The molecule has 0 saturated heterocycles. The number of nitrogens with zero attached hydrogens (tertiary/aromatic N) is 2. The SMILES string of the molecule is CCN/C=C(\C(=N)c1cccnc1)c1cnc2c(c1)NC(Cl)C=C2. The maximum absolute atomic E-state index is 8.55. The summed E-state index contributed by atoms with van der Waals surface area (Å²) in [6.07, 6.45) is 10.7. The summed E-state index contributed by atoms with van der Waals surface area (Å²) in [4.78, 5) is 8.57. The number of rotatable bonds is 5. The smallest absolute Gasteiger partial charge is 0.120 e. The summed E-state index contributed by atoms with van der Waals surface area (Å²) in [6.45, 7) is 2.78. The Morgan fingerprint density at radius 3 is 3.04 bits per heavy atom. The zero-order valence-corrected chi connectivity index (χ0v) is 14.0. The monoisotopic (exact) mass is 339 g/mol. The van der Waals surface area contributed by atoms with Crippen molar-refractivity contribution in [3.8, 4) is 0 Å². The van der Waals surface area contributed by atoms with Crippen molar-refractivity contribution < 1.29 is 0 Å². The molecule has 0 radical (unpaired) electrons. The fourth-order valence-corrected chi connectivity index (χ4v) is 2.60. The molecule has 0 fully saturated rings. The summed E-state index contributed by atoms with van der Waals surface area (Å²) in [5, 5.41) is 14.9. The maximum Gasteiger partial charge on any atom is 0.120 e. The molecule has 2 aromatic heterocycles. The van der Waals surface area contributed by atoms with Gasteiger partial charge in [0.05, 0.1) is 17.1 Å². The van der Waals surface area contributed by atoms with E-state index < -0.39 is 0 Å². The molecule has 24 heavy (non-hydrogen) atoms.